The summed E-state index contributed by atoms with van der Waals surface area (Å²) in [4.78, 5) is 25.1. The van der Waals surface area contributed by atoms with Gasteiger partial charge in [0.25, 0.3) is 0 Å². The summed E-state index contributed by atoms with van der Waals surface area (Å²) in [6.45, 7) is 0. The minimum Gasteiger partial charge on any atom is -0.326 e. The molecule has 0 aromatic heterocycles. The molecule has 1 fully saturated rings. The largest absolute Gasteiger partial charge is 0.326 e. The van der Waals surface area contributed by atoms with Gasteiger partial charge in [0.15, 0.2) is 5.78 Å². The summed E-state index contributed by atoms with van der Waals surface area (Å²) < 4.78 is 13.9. The molecule has 4 rings (SSSR count). The van der Waals surface area contributed by atoms with Crippen LogP contribution in [0.5, 0.6) is 0 Å². The van der Waals surface area contributed by atoms with E-state index in [9.17, 15) is 14.0 Å². The van der Waals surface area contributed by atoms with E-state index in [1.54, 1.807) is 54.6 Å². The number of rotatable bonds is 5. The van der Waals surface area contributed by atoms with Crippen LogP contribution >= 0.6 is 0 Å². The lowest BCUT2D eigenvalue weighted by Gasteiger charge is -2.08. The Morgan fingerprint density at radius 1 is 0.852 bits per heavy atom. The first-order valence-corrected chi connectivity index (χ1v) is 8.88. The summed E-state index contributed by atoms with van der Waals surface area (Å²) in [5.41, 5.74) is 2.27. The Morgan fingerprint density at radius 2 is 1.56 bits per heavy atom. The van der Waals surface area contributed by atoms with Gasteiger partial charge in [-0.2, -0.15) is 0 Å². The highest BCUT2D eigenvalue weighted by Gasteiger charge is 2.45. The maximum atomic E-state index is 13.9. The van der Waals surface area contributed by atoms with Gasteiger partial charge in [-0.1, -0.05) is 60.7 Å². The molecule has 4 heteroatoms. The second kappa shape index (κ2) is 7.16. The fourth-order valence-corrected chi connectivity index (χ4v) is 3.33. The number of halogens is 1. The van der Waals surface area contributed by atoms with Crippen LogP contribution in [0, 0.1) is 11.7 Å². The molecule has 0 bridgehead atoms. The van der Waals surface area contributed by atoms with Crippen molar-refractivity contribution in [3.63, 3.8) is 0 Å². The Hall–Kier alpha value is -3.27. The number of anilines is 1. The summed E-state index contributed by atoms with van der Waals surface area (Å²) >= 11 is 0. The van der Waals surface area contributed by atoms with Crippen LogP contribution in [-0.2, 0) is 4.79 Å². The zero-order valence-corrected chi connectivity index (χ0v) is 14.6. The van der Waals surface area contributed by atoms with Gasteiger partial charge in [-0.3, -0.25) is 9.59 Å². The first-order chi connectivity index (χ1) is 13.1. The summed E-state index contributed by atoms with van der Waals surface area (Å²) in [6.07, 6.45) is 0.634. The van der Waals surface area contributed by atoms with Crippen LogP contribution in [0.15, 0.2) is 78.9 Å². The highest BCUT2D eigenvalue weighted by atomic mass is 19.1. The van der Waals surface area contributed by atoms with Gasteiger partial charge >= 0.3 is 0 Å². The standard InChI is InChI=1S/C23H18FNO2/c24-21-12-5-4-11-18(21)19-14-20(19)23(27)25-17-10-6-9-16(13-17)22(26)15-7-2-1-3-8-15/h1-13,19-20H,14H2,(H,25,27). The van der Waals surface area contributed by atoms with Gasteiger partial charge in [-0.25, -0.2) is 4.39 Å². The average Bonchev–Trinajstić information content (AvgIpc) is 3.49. The van der Waals surface area contributed by atoms with Crippen molar-refractivity contribution in [3.8, 4) is 0 Å². The molecule has 1 saturated carbocycles. The Labute approximate surface area is 156 Å². The lowest BCUT2D eigenvalue weighted by Crippen LogP contribution is -2.15. The van der Waals surface area contributed by atoms with Crippen molar-refractivity contribution < 1.29 is 14.0 Å². The molecule has 0 aliphatic heterocycles. The third-order valence-electron chi connectivity index (χ3n) is 4.86. The van der Waals surface area contributed by atoms with Gasteiger partial charge in [0.2, 0.25) is 5.91 Å². The van der Waals surface area contributed by atoms with Crippen molar-refractivity contribution in [2.75, 3.05) is 5.32 Å². The molecule has 1 aliphatic carbocycles. The zero-order valence-electron chi connectivity index (χ0n) is 14.6. The summed E-state index contributed by atoms with van der Waals surface area (Å²) in [5.74, 6) is -0.834. The quantitative estimate of drug-likeness (QED) is 0.665. The van der Waals surface area contributed by atoms with Crippen molar-refractivity contribution in [2.45, 2.75) is 12.3 Å². The Balaban J connectivity index is 1.46. The van der Waals surface area contributed by atoms with E-state index in [0.29, 0.717) is 28.8 Å². The predicted octanol–water partition coefficient (Wildman–Crippen LogP) is 4.80. The number of amides is 1. The van der Waals surface area contributed by atoms with Crippen LogP contribution in [0.3, 0.4) is 0 Å². The number of hydrogen-bond acceptors (Lipinski definition) is 2. The molecule has 1 N–H and O–H groups in total. The van der Waals surface area contributed by atoms with E-state index in [1.807, 2.05) is 18.2 Å². The lowest BCUT2D eigenvalue weighted by molar-refractivity contribution is -0.117. The smallest absolute Gasteiger partial charge is 0.228 e. The monoisotopic (exact) mass is 359 g/mol. The minimum atomic E-state index is -0.270. The molecule has 27 heavy (non-hydrogen) atoms. The number of hydrogen-bond donors (Lipinski definition) is 1. The van der Waals surface area contributed by atoms with Gasteiger partial charge in [-0.15, -0.1) is 0 Å². The average molecular weight is 359 g/mol. The van der Waals surface area contributed by atoms with Crippen molar-refractivity contribution in [1.82, 2.24) is 0 Å². The van der Waals surface area contributed by atoms with E-state index in [4.69, 9.17) is 0 Å². The number of carbonyl (C=O) groups is 2. The molecule has 0 spiro atoms. The molecule has 3 nitrogen and oxygen atoms in total. The minimum absolute atomic E-state index is 0.0830. The SMILES string of the molecule is O=C(c1ccccc1)c1cccc(NC(=O)C2CC2c2ccccc2F)c1. The molecule has 3 aromatic rings. The predicted molar refractivity (Wildman–Crippen MR) is 102 cm³/mol. The second-order valence-electron chi connectivity index (χ2n) is 6.74. The molecule has 0 heterocycles. The molecule has 0 radical (unpaired) electrons. The molecule has 3 aromatic carbocycles. The zero-order chi connectivity index (χ0) is 18.8. The first-order valence-electron chi connectivity index (χ1n) is 8.88. The highest BCUT2D eigenvalue weighted by Crippen LogP contribution is 2.48. The van der Waals surface area contributed by atoms with Gasteiger partial charge in [0.05, 0.1) is 0 Å². The number of ketones is 1. The van der Waals surface area contributed by atoms with E-state index < -0.39 is 0 Å². The van der Waals surface area contributed by atoms with Gasteiger partial charge < -0.3 is 5.32 Å². The van der Waals surface area contributed by atoms with Crippen LogP contribution < -0.4 is 5.32 Å². The van der Waals surface area contributed by atoms with Crippen LogP contribution in [0.2, 0.25) is 0 Å². The van der Waals surface area contributed by atoms with Crippen molar-refractivity contribution >= 4 is 17.4 Å². The maximum absolute atomic E-state index is 13.9. The molecular weight excluding hydrogens is 341 g/mol. The Kier molecular flexibility index (Phi) is 4.55. The molecule has 1 amide bonds. The summed E-state index contributed by atoms with van der Waals surface area (Å²) in [5, 5.41) is 2.86. The van der Waals surface area contributed by atoms with E-state index in [2.05, 4.69) is 5.32 Å². The van der Waals surface area contributed by atoms with Crippen molar-refractivity contribution in [1.29, 1.82) is 0 Å². The summed E-state index contributed by atoms with van der Waals surface area (Å²) in [6, 6.07) is 22.5. The fourth-order valence-electron chi connectivity index (χ4n) is 3.33. The van der Waals surface area contributed by atoms with E-state index in [0.717, 1.165) is 0 Å². The van der Waals surface area contributed by atoms with Gasteiger partial charge in [0.1, 0.15) is 5.82 Å². The van der Waals surface area contributed by atoms with E-state index >= 15 is 0 Å². The third-order valence-corrected chi connectivity index (χ3v) is 4.86. The molecule has 0 saturated heterocycles. The highest BCUT2D eigenvalue weighted by molar-refractivity contribution is 6.09. The number of carbonyl (C=O) groups excluding carboxylic acids is 2. The second-order valence-corrected chi connectivity index (χ2v) is 6.74. The van der Waals surface area contributed by atoms with Gasteiger partial charge in [0, 0.05) is 22.7 Å². The van der Waals surface area contributed by atoms with Crippen LogP contribution in [0.1, 0.15) is 33.8 Å². The topological polar surface area (TPSA) is 46.2 Å². The molecule has 2 unspecified atom stereocenters. The molecular formula is C23H18FNO2. The Morgan fingerprint density at radius 3 is 2.33 bits per heavy atom. The molecule has 2 atom stereocenters. The maximum Gasteiger partial charge on any atom is 0.228 e. The number of benzene rings is 3. The van der Waals surface area contributed by atoms with Crippen molar-refractivity contribution in [2.24, 2.45) is 5.92 Å². The summed E-state index contributed by atoms with van der Waals surface area (Å²) in [7, 11) is 0. The van der Waals surface area contributed by atoms with Crippen LogP contribution in [0.25, 0.3) is 0 Å². The number of nitrogens with one attached hydrogen (secondary N) is 1. The fraction of sp³-hybridized carbons (Fsp3) is 0.130. The molecule has 1 aliphatic rings. The van der Waals surface area contributed by atoms with E-state index in [-0.39, 0.29) is 29.3 Å². The van der Waals surface area contributed by atoms with Crippen LogP contribution in [0.4, 0.5) is 10.1 Å². The Bertz CT molecular complexity index is 1000. The van der Waals surface area contributed by atoms with E-state index in [1.165, 1.54) is 6.07 Å². The van der Waals surface area contributed by atoms with Gasteiger partial charge in [-0.05, 0) is 36.1 Å². The normalized spacial score (nSPS) is 18.0. The lowest BCUT2D eigenvalue weighted by atomic mass is 10.0. The third kappa shape index (κ3) is 3.65. The molecule has 134 valence electrons. The van der Waals surface area contributed by atoms with Crippen LogP contribution in [-0.4, -0.2) is 11.7 Å². The first kappa shape index (κ1) is 17.2. The van der Waals surface area contributed by atoms with Crippen molar-refractivity contribution in [3.05, 3.63) is 101 Å².